The maximum Gasteiger partial charge on any atom is 0.267 e. The zero-order valence-corrected chi connectivity index (χ0v) is 19.5. The van der Waals surface area contributed by atoms with E-state index in [-0.39, 0.29) is 6.42 Å². The van der Waals surface area contributed by atoms with Crippen LogP contribution < -0.4 is 0 Å². The van der Waals surface area contributed by atoms with Gasteiger partial charge in [0.25, 0.3) is 10.1 Å². The van der Waals surface area contributed by atoms with Crippen molar-refractivity contribution in [2.45, 2.75) is 147 Å². The summed E-state index contributed by atoms with van der Waals surface area (Å²) in [5, 5.41) is 9.39. The molecule has 0 radical (unpaired) electrons. The molecule has 0 bridgehead atoms. The van der Waals surface area contributed by atoms with Crippen molar-refractivity contribution < 1.29 is 18.1 Å². The molecule has 5 heteroatoms. The van der Waals surface area contributed by atoms with Crippen LogP contribution in [-0.2, 0) is 10.1 Å². The van der Waals surface area contributed by atoms with Gasteiger partial charge < -0.3 is 5.11 Å². The van der Waals surface area contributed by atoms with Gasteiger partial charge in [0.1, 0.15) is 0 Å². The van der Waals surface area contributed by atoms with Crippen LogP contribution in [0, 0.1) is 0 Å². The second-order valence-corrected chi connectivity index (χ2v) is 10.3. The Balaban J connectivity index is 3.86. The van der Waals surface area contributed by atoms with Gasteiger partial charge in [0.15, 0.2) is 0 Å². The summed E-state index contributed by atoms with van der Waals surface area (Å²) in [6, 6.07) is 0. The van der Waals surface area contributed by atoms with Crippen molar-refractivity contribution in [3.63, 3.8) is 0 Å². The van der Waals surface area contributed by atoms with Crippen molar-refractivity contribution >= 4 is 10.1 Å². The lowest BCUT2D eigenvalue weighted by molar-refractivity contribution is 0.146. The first-order chi connectivity index (χ1) is 13.4. The molecule has 170 valence electrons. The molecular formula is C23H48O4S. The van der Waals surface area contributed by atoms with Crippen molar-refractivity contribution in [1.82, 2.24) is 0 Å². The number of unbranched alkanes of at least 4 members (excludes halogenated alkanes) is 14. The van der Waals surface area contributed by atoms with E-state index in [0.717, 1.165) is 32.1 Å². The standard InChI is InChI=1S/C23H48O4S/c1-3-5-7-9-11-13-15-17-19-22(24)21-23(28(25,26)27)20-18-16-14-12-10-8-6-4-2/h22-24H,3-21H2,1-2H3,(H,25,26,27). The molecule has 0 aliphatic carbocycles. The predicted molar refractivity (Wildman–Crippen MR) is 120 cm³/mol. The summed E-state index contributed by atoms with van der Waals surface area (Å²) in [4.78, 5) is 0. The van der Waals surface area contributed by atoms with Gasteiger partial charge in [-0.1, -0.05) is 117 Å². The first kappa shape index (κ1) is 27.9. The molecule has 0 saturated heterocycles. The summed E-state index contributed by atoms with van der Waals surface area (Å²) in [5.74, 6) is 0. The fourth-order valence-corrected chi connectivity index (χ4v) is 4.76. The Hall–Kier alpha value is -0.130. The zero-order chi connectivity index (χ0) is 21.1. The van der Waals surface area contributed by atoms with E-state index in [1.54, 1.807) is 0 Å². The summed E-state index contributed by atoms with van der Waals surface area (Å²) in [6.07, 6.45) is 19.5. The van der Waals surface area contributed by atoms with Crippen molar-refractivity contribution in [3.8, 4) is 0 Å². The van der Waals surface area contributed by atoms with Gasteiger partial charge in [-0.2, -0.15) is 8.42 Å². The summed E-state index contributed by atoms with van der Waals surface area (Å²) < 4.78 is 32.8. The Morgan fingerprint density at radius 2 is 0.964 bits per heavy atom. The molecular weight excluding hydrogens is 372 g/mol. The monoisotopic (exact) mass is 420 g/mol. The molecule has 0 spiro atoms. The fourth-order valence-electron chi connectivity index (χ4n) is 3.83. The van der Waals surface area contributed by atoms with E-state index < -0.39 is 21.5 Å². The highest BCUT2D eigenvalue weighted by atomic mass is 32.2. The van der Waals surface area contributed by atoms with Crippen molar-refractivity contribution in [2.24, 2.45) is 0 Å². The molecule has 0 heterocycles. The average Bonchev–Trinajstić information content (AvgIpc) is 2.64. The van der Waals surface area contributed by atoms with Gasteiger partial charge in [0.05, 0.1) is 11.4 Å². The van der Waals surface area contributed by atoms with Crippen LogP contribution in [0.3, 0.4) is 0 Å². The van der Waals surface area contributed by atoms with Gasteiger partial charge in [0.2, 0.25) is 0 Å². The number of aliphatic hydroxyl groups excluding tert-OH is 1. The van der Waals surface area contributed by atoms with Crippen LogP contribution in [-0.4, -0.2) is 29.4 Å². The summed E-state index contributed by atoms with van der Waals surface area (Å²) >= 11 is 0. The molecule has 0 fully saturated rings. The van der Waals surface area contributed by atoms with Crippen LogP contribution in [0.25, 0.3) is 0 Å². The first-order valence-electron chi connectivity index (χ1n) is 12.1. The van der Waals surface area contributed by atoms with Gasteiger partial charge in [-0.3, -0.25) is 4.55 Å². The molecule has 28 heavy (non-hydrogen) atoms. The number of hydrogen-bond donors (Lipinski definition) is 2. The molecule has 2 unspecified atom stereocenters. The highest BCUT2D eigenvalue weighted by Gasteiger charge is 2.25. The van der Waals surface area contributed by atoms with Crippen LogP contribution in [0.4, 0.5) is 0 Å². The first-order valence-corrected chi connectivity index (χ1v) is 13.6. The van der Waals surface area contributed by atoms with Crippen molar-refractivity contribution in [2.75, 3.05) is 0 Å². The highest BCUT2D eigenvalue weighted by Crippen LogP contribution is 2.20. The SMILES string of the molecule is CCCCCCCCCCC(O)CC(CCCCCCCCCC)S(=O)(=O)O. The van der Waals surface area contributed by atoms with E-state index in [4.69, 9.17) is 0 Å². The van der Waals surface area contributed by atoms with E-state index in [9.17, 15) is 18.1 Å². The van der Waals surface area contributed by atoms with Crippen LogP contribution in [0.15, 0.2) is 0 Å². The Bertz CT molecular complexity index is 422. The fraction of sp³-hybridized carbons (Fsp3) is 1.00. The quantitative estimate of drug-likeness (QED) is 0.154. The second-order valence-electron chi connectivity index (χ2n) is 8.55. The van der Waals surface area contributed by atoms with Crippen molar-refractivity contribution in [1.29, 1.82) is 0 Å². The molecule has 0 saturated carbocycles. The number of aliphatic hydroxyl groups is 1. The third kappa shape index (κ3) is 17.9. The smallest absolute Gasteiger partial charge is 0.267 e. The number of hydrogen-bond acceptors (Lipinski definition) is 3. The van der Waals surface area contributed by atoms with Gasteiger partial charge in [0, 0.05) is 0 Å². The minimum absolute atomic E-state index is 0.172. The maximum absolute atomic E-state index is 11.7. The molecule has 0 aromatic carbocycles. The van der Waals surface area contributed by atoms with Crippen LogP contribution in [0.2, 0.25) is 0 Å². The van der Waals surface area contributed by atoms with E-state index in [1.165, 1.54) is 70.6 Å². The highest BCUT2D eigenvalue weighted by molar-refractivity contribution is 7.86. The Morgan fingerprint density at radius 1 is 0.607 bits per heavy atom. The maximum atomic E-state index is 11.7. The lowest BCUT2D eigenvalue weighted by atomic mass is 10.0. The molecule has 0 aliphatic heterocycles. The summed E-state index contributed by atoms with van der Waals surface area (Å²) in [6.45, 7) is 4.43. The predicted octanol–water partition coefficient (Wildman–Crippen LogP) is 7.06. The van der Waals surface area contributed by atoms with Crippen molar-refractivity contribution in [3.05, 3.63) is 0 Å². The minimum atomic E-state index is -4.07. The third-order valence-electron chi connectivity index (χ3n) is 5.73. The van der Waals surface area contributed by atoms with E-state index in [0.29, 0.717) is 12.8 Å². The largest absolute Gasteiger partial charge is 0.393 e. The minimum Gasteiger partial charge on any atom is -0.393 e. The Morgan fingerprint density at radius 3 is 1.36 bits per heavy atom. The summed E-state index contributed by atoms with van der Waals surface area (Å²) in [7, 11) is -4.07. The molecule has 0 aromatic heterocycles. The molecule has 4 nitrogen and oxygen atoms in total. The van der Waals surface area contributed by atoms with Gasteiger partial charge in [-0.05, 0) is 19.3 Å². The summed E-state index contributed by atoms with van der Waals surface area (Å²) in [5.41, 5.74) is 0. The molecule has 2 N–H and O–H groups in total. The normalized spacial score (nSPS) is 14.3. The van der Waals surface area contributed by atoms with Crippen LogP contribution in [0.1, 0.15) is 136 Å². The van der Waals surface area contributed by atoms with Crippen LogP contribution in [0.5, 0.6) is 0 Å². The average molecular weight is 421 g/mol. The lowest BCUT2D eigenvalue weighted by Crippen LogP contribution is -2.26. The Labute approximate surface area is 175 Å². The van der Waals surface area contributed by atoms with E-state index >= 15 is 0 Å². The molecule has 0 aromatic rings. The lowest BCUT2D eigenvalue weighted by Gasteiger charge is -2.18. The van der Waals surface area contributed by atoms with Gasteiger partial charge in [-0.25, -0.2) is 0 Å². The number of rotatable bonds is 21. The zero-order valence-electron chi connectivity index (χ0n) is 18.7. The van der Waals surface area contributed by atoms with Crippen LogP contribution >= 0.6 is 0 Å². The molecule has 0 amide bonds. The molecule has 2 atom stereocenters. The third-order valence-corrected chi connectivity index (χ3v) is 7.00. The molecule has 0 aliphatic rings. The van der Waals surface area contributed by atoms with Gasteiger partial charge >= 0.3 is 0 Å². The van der Waals surface area contributed by atoms with E-state index in [1.807, 2.05) is 0 Å². The van der Waals surface area contributed by atoms with E-state index in [2.05, 4.69) is 13.8 Å². The molecule has 0 rings (SSSR count). The second kappa shape index (κ2) is 18.9. The topological polar surface area (TPSA) is 74.6 Å². The Kier molecular flexibility index (Phi) is 18.8. The van der Waals surface area contributed by atoms with Gasteiger partial charge in [-0.15, -0.1) is 0 Å².